The van der Waals surface area contributed by atoms with Gasteiger partial charge in [0.15, 0.2) is 0 Å². The molecule has 2 rings (SSSR count). The van der Waals surface area contributed by atoms with Crippen LogP contribution in [0.15, 0.2) is 24.3 Å². The maximum absolute atomic E-state index is 11.1. The molecule has 1 heterocycles. The zero-order valence-corrected chi connectivity index (χ0v) is 10.0. The summed E-state index contributed by atoms with van der Waals surface area (Å²) in [5.41, 5.74) is 1.23. The van der Waals surface area contributed by atoms with E-state index in [4.69, 9.17) is 0 Å². The molecule has 1 fully saturated rings. The third kappa shape index (κ3) is 2.26. The van der Waals surface area contributed by atoms with Crippen molar-refractivity contribution in [1.82, 2.24) is 0 Å². The Kier molecular flexibility index (Phi) is 3.05. The number of rotatable bonds is 1. The van der Waals surface area contributed by atoms with Crippen LogP contribution in [0.1, 0.15) is 12.8 Å². The van der Waals surface area contributed by atoms with Gasteiger partial charge in [-0.2, -0.15) is 0 Å². The number of carbonyl (C=O) groups is 1. The van der Waals surface area contributed by atoms with E-state index >= 15 is 0 Å². The number of anilines is 1. The lowest BCUT2D eigenvalue weighted by molar-refractivity contribution is -0.119. The Morgan fingerprint density at radius 3 is 2.21 bits per heavy atom. The Labute approximate surface area is 97.4 Å². The number of halogens is 1. The third-order valence-electron chi connectivity index (χ3n) is 2.51. The van der Waals surface area contributed by atoms with E-state index in [1.165, 1.54) is 9.26 Å². The third-order valence-corrected chi connectivity index (χ3v) is 3.23. The van der Waals surface area contributed by atoms with Crippen molar-refractivity contribution in [2.24, 2.45) is 0 Å². The Hall–Kier alpha value is -0.580. The van der Waals surface area contributed by atoms with Gasteiger partial charge in [-0.05, 0) is 46.9 Å². The quantitative estimate of drug-likeness (QED) is 0.743. The first-order valence-corrected chi connectivity index (χ1v) is 5.86. The Bertz CT molecular complexity index is 324. The highest BCUT2D eigenvalue weighted by Gasteiger charge is 2.15. The molecule has 0 unspecified atom stereocenters. The molecule has 0 spiro atoms. The van der Waals surface area contributed by atoms with E-state index in [1.807, 2.05) is 0 Å². The van der Waals surface area contributed by atoms with Crippen molar-refractivity contribution in [1.29, 1.82) is 0 Å². The fraction of sp³-hybridized carbons (Fsp3) is 0.364. The molecule has 0 saturated carbocycles. The van der Waals surface area contributed by atoms with Crippen molar-refractivity contribution < 1.29 is 4.79 Å². The molecule has 74 valence electrons. The summed E-state index contributed by atoms with van der Waals surface area (Å²) in [4.78, 5) is 13.3. The monoisotopic (exact) mass is 301 g/mol. The van der Waals surface area contributed by atoms with E-state index < -0.39 is 0 Å². The van der Waals surface area contributed by atoms with E-state index in [0.717, 1.165) is 13.1 Å². The van der Waals surface area contributed by atoms with E-state index in [1.54, 1.807) is 0 Å². The lowest BCUT2D eigenvalue weighted by atomic mass is 10.1. The van der Waals surface area contributed by atoms with Crippen LogP contribution in [0.25, 0.3) is 0 Å². The minimum absolute atomic E-state index is 0.395. The van der Waals surface area contributed by atoms with E-state index in [0.29, 0.717) is 18.6 Å². The highest BCUT2D eigenvalue weighted by atomic mass is 127. The largest absolute Gasteiger partial charge is 0.371 e. The molecule has 1 aromatic carbocycles. The van der Waals surface area contributed by atoms with Crippen molar-refractivity contribution >= 4 is 34.1 Å². The van der Waals surface area contributed by atoms with Crippen molar-refractivity contribution in [2.45, 2.75) is 12.8 Å². The zero-order chi connectivity index (χ0) is 9.97. The first kappa shape index (κ1) is 9.96. The smallest absolute Gasteiger partial charge is 0.136 e. The van der Waals surface area contributed by atoms with Crippen molar-refractivity contribution in [2.75, 3.05) is 18.0 Å². The molecule has 1 aliphatic heterocycles. The molecule has 0 aliphatic carbocycles. The molecule has 1 aromatic rings. The number of carbonyl (C=O) groups excluding carboxylic acids is 1. The van der Waals surface area contributed by atoms with Crippen LogP contribution in [0.3, 0.4) is 0 Å². The zero-order valence-electron chi connectivity index (χ0n) is 7.87. The number of nitrogens with zero attached hydrogens (tertiary/aromatic N) is 1. The summed E-state index contributed by atoms with van der Waals surface area (Å²) < 4.78 is 1.25. The second-order valence-corrected chi connectivity index (χ2v) is 4.75. The molecule has 0 N–H and O–H groups in total. The predicted molar refractivity (Wildman–Crippen MR) is 65.6 cm³/mol. The molecule has 0 radical (unpaired) electrons. The summed E-state index contributed by atoms with van der Waals surface area (Å²) in [6.45, 7) is 1.75. The van der Waals surface area contributed by atoms with E-state index in [2.05, 4.69) is 51.8 Å². The number of hydrogen-bond acceptors (Lipinski definition) is 2. The Balaban J connectivity index is 2.08. The van der Waals surface area contributed by atoms with Gasteiger partial charge in [-0.25, -0.2) is 0 Å². The minimum Gasteiger partial charge on any atom is -0.371 e. The summed E-state index contributed by atoms with van der Waals surface area (Å²) >= 11 is 2.30. The lowest BCUT2D eigenvalue weighted by Crippen LogP contribution is -2.33. The number of ketones is 1. The van der Waals surface area contributed by atoms with Crippen LogP contribution in [0.5, 0.6) is 0 Å². The van der Waals surface area contributed by atoms with Gasteiger partial charge in [0.1, 0.15) is 5.78 Å². The van der Waals surface area contributed by atoms with E-state index in [9.17, 15) is 4.79 Å². The standard InChI is InChI=1S/C11H12INO/c12-9-1-3-10(4-2-9)13-7-5-11(14)6-8-13/h1-4H,5-8H2. The van der Waals surface area contributed by atoms with Crippen LogP contribution in [-0.4, -0.2) is 18.9 Å². The maximum Gasteiger partial charge on any atom is 0.136 e. The van der Waals surface area contributed by atoms with Gasteiger partial charge in [0, 0.05) is 35.2 Å². The van der Waals surface area contributed by atoms with Gasteiger partial charge in [-0.1, -0.05) is 0 Å². The second kappa shape index (κ2) is 4.29. The average molecular weight is 301 g/mol. The van der Waals surface area contributed by atoms with Gasteiger partial charge in [0.2, 0.25) is 0 Å². The molecular formula is C11H12INO. The van der Waals surface area contributed by atoms with Gasteiger partial charge in [-0.15, -0.1) is 0 Å². The lowest BCUT2D eigenvalue weighted by Gasteiger charge is -2.28. The van der Waals surface area contributed by atoms with Gasteiger partial charge >= 0.3 is 0 Å². The number of benzene rings is 1. The summed E-state index contributed by atoms with van der Waals surface area (Å²) in [6.07, 6.45) is 1.40. The van der Waals surface area contributed by atoms with Gasteiger partial charge in [-0.3, -0.25) is 4.79 Å². The summed E-state index contributed by atoms with van der Waals surface area (Å²) in [6, 6.07) is 8.45. The fourth-order valence-corrected chi connectivity index (χ4v) is 2.03. The number of hydrogen-bond donors (Lipinski definition) is 0. The predicted octanol–water partition coefficient (Wildman–Crippen LogP) is 2.46. The molecule has 0 amide bonds. The molecule has 14 heavy (non-hydrogen) atoms. The van der Waals surface area contributed by atoms with Crippen LogP contribution in [0, 0.1) is 3.57 Å². The van der Waals surface area contributed by atoms with Crippen molar-refractivity contribution in [3.8, 4) is 0 Å². The highest BCUT2D eigenvalue weighted by molar-refractivity contribution is 14.1. The van der Waals surface area contributed by atoms with Gasteiger partial charge in [0.05, 0.1) is 0 Å². The number of Topliss-reactive ketones (excluding diaryl/α,β-unsaturated/α-hetero) is 1. The summed E-state index contributed by atoms with van der Waals surface area (Å²) in [5.74, 6) is 0.395. The molecule has 1 saturated heterocycles. The summed E-state index contributed by atoms with van der Waals surface area (Å²) in [7, 11) is 0. The molecule has 0 bridgehead atoms. The molecule has 0 aromatic heterocycles. The van der Waals surface area contributed by atoms with Crippen LogP contribution >= 0.6 is 22.6 Å². The Morgan fingerprint density at radius 1 is 1.07 bits per heavy atom. The van der Waals surface area contributed by atoms with E-state index in [-0.39, 0.29) is 0 Å². The highest BCUT2D eigenvalue weighted by Crippen LogP contribution is 2.19. The molecule has 0 atom stereocenters. The van der Waals surface area contributed by atoms with Crippen LogP contribution in [-0.2, 0) is 4.79 Å². The van der Waals surface area contributed by atoms with Crippen LogP contribution in [0.2, 0.25) is 0 Å². The molecule has 3 heteroatoms. The summed E-state index contributed by atoms with van der Waals surface area (Å²) in [5, 5.41) is 0. The Morgan fingerprint density at radius 2 is 1.64 bits per heavy atom. The minimum atomic E-state index is 0.395. The first-order chi connectivity index (χ1) is 6.75. The van der Waals surface area contributed by atoms with Crippen LogP contribution < -0.4 is 4.90 Å². The van der Waals surface area contributed by atoms with Gasteiger partial charge < -0.3 is 4.90 Å². The SMILES string of the molecule is O=C1CCN(c2ccc(I)cc2)CC1. The van der Waals surface area contributed by atoms with Gasteiger partial charge in [0.25, 0.3) is 0 Å². The number of piperidine rings is 1. The molecule has 1 aliphatic rings. The van der Waals surface area contributed by atoms with Crippen molar-refractivity contribution in [3.63, 3.8) is 0 Å². The van der Waals surface area contributed by atoms with Crippen molar-refractivity contribution in [3.05, 3.63) is 27.8 Å². The normalized spacial score (nSPS) is 17.2. The van der Waals surface area contributed by atoms with Crippen LogP contribution in [0.4, 0.5) is 5.69 Å². The second-order valence-electron chi connectivity index (χ2n) is 3.50. The first-order valence-electron chi connectivity index (χ1n) is 4.78. The molecular weight excluding hydrogens is 289 g/mol. The average Bonchev–Trinajstić information content (AvgIpc) is 2.21. The topological polar surface area (TPSA) is 20.3 Å². The molecule has 2 nitrogen and oxygen atoms in total. The fourth-order valence-electron chi connectivity index (χ4n) is 1.67. The maximum atomic E-state index is 11.1.